The van der Waals surface area contributed by atoms with E-state index in [9.17, 15) is 8.42 Å². The molecule has 0 amide bonds. The van der Waals surface area contributed by atoms with Gasteiger partial charge < -0.3 is 15.4 Å². The molecule has 0 saturated heterocycles. The molecule has 7 heteroatoms. The number of nitrogens with one attached hydrogen (secondary N) is 2. The number of benzene rings is 1. The summed E-state index contributed by atoms with van der Waals surface area (Å²) in [6, 6.07) is 10.1. The van der Waals surface area contributed by atoms with E-state index in [1.54, 1.807) is 0 Å². The Labute approximate surface area is 163 Å². The lowest BCUT2D eigenvalue weighted by atomic mass is 10.1. The third-order valence-electron chi connectivity index (χ3n) is 4.57. The lowest BCUT2D eigenvalue weighted by Gasteiger charge is -2.17. The highest BCUT2D eigenvalue weighted by Crippen LogP contribution is 2.46. The van der Waals surface area contributed by atoms with Crippen LogP contribution in [0.2, 0.25) is 0 Å². The molecule has 1 aliphatic rings. The summed E-state index contributed by atoms with van der Waals surface area (Å²) >= 11 is 0. The molecule has 152 valence electrons. The zero-order chi connectivity index (χ0) is 19.8. The van der Waals surface area contributed by atoms with Gasteiger partial charge in [0.2, 0.25) is 0 Å². The van der Waals surface area contributed by atoms with Crippen LogP contribution >= 0.6 is 0 Å². The summed E-state index contributed by atoms with van der Waals surface area (Å²) in [4.78, 5) is 4.62. The average molecular weight is 396 g/mol. The van der Waals surface area contributed by atoms with Gasteiger partial charge in [-0.1, -0.05) is 37.3 Å². The zero-order valence-corrected chi connectivity index (χ0v) is 17.5. The molecule has 1 aromatic carbocycles. The number of hydrogen-bond donors (Lipinski definition) is 2. The SMILES string of the molecule is CCNC(=NCC1(CS(C)(=O)=O)CC1)NCC(C)COCc1ccccc1. The Morgan fingerprint density at radius 3 is 2.56 bits per heavy atom. The second-order valence-electron chi connectivity index (χ2n) is 7.75. The number of rotatable bonds is 11. The maximum absolute atomic E-state index is 11.6. The number of aliphatic imine (C=N–C) groups is 1. The van der Waals surface area contributed by atoms with Gasteiger partial charge in [0.15, 0.2) is 5.96 Å². The predicted octanol–water partition coefficient (Wildman–Crippen LogP) is 2.22. The van der Waals surface area contributed by atoms with Crippen molar-refractivity contribution in [2.45, 2.75) is 33.3 Å². The number of sulfone groups is 1. The van der Waals surface area contributed by atoms with Gasteiger partial charge >= 0.3 is 0 Å². The van der Waals surface area contributed by atoms with E-state index in [-0.39, 0.29) is 11.2 Å². The van der Waals surface area contributed by atoms with E-state index in [0.717, 1.165) is 31.9 Å². The first-order valence-corrected chi connectivity index (χ1v) is 11.7. The fourth-order valence-electron chi connectivity index (χ4n) is 2.95. The molecule has 1 saturated carbocycles. The molecule has 1 atom stereocenters. The van der Waals surface area contributed by atoms with Gasteiger partial charge in [-0.3, -0.25) is 4.99 Å². The van der Waals surface area contributed by atoms with Crippen LogP contribution in [0.15, 0.2) is 35.3 Å². The van der Waals surface area contributed by atoms with Crippen molar-refractivity contribution in [2.24, 2.45) is 16.3 Å². The van der Waals surface area contributed by atoms with Crippen molar-refractivity contribution in [3.63, 3.8) is 0 Å². The van der Waals surface area contributed by atoms with Crippen LogP contribution in [-0.2, 0) is 21.2 Å². The van der Waals surface area contributed by atoms with Gasteiger partial charge in [-0.25, -0.2) is 8.42 Å². The van der Waals surface area contributed by atoms with Crippen molar-refractivity contribution < 1.29 is 13.2 Å². The predicted molar refractivity (Wildman–Crippen MR) is 111 cm³/mol. The van der Waals surface area contributed by atoms with Gasteiger partial charge in [0.05, 0.1) is 19.0 Å². The minimum Gasteiger partial charge on any atom is -0.376 e. The van der Waals surface area contributed by atoms with Crippen LogP contribution in [-0.4, -0.2) is 52.6 Å². The molecule has 1 fully saturated rings. The highest BCUT2D eigenvalue weighted by atomic mass is 32.2. The minimum atomic E-state index is -2.97. The molecule has 1 unspecified atom stereocenters. The van der Waals surface area contributed by atoms with Gasteiger partial charge in [-0.05, 0) is 31.2 Å². The van der Waals surface area contributed by atoms with Crippen molar-refractivity contribution >= 4 is 15.8 Å². The van der Waals surface area contributed by atoms with Crippen molar-refractivity contribution in [2.75, 3.05) is 38.2 Å². The number of hydrogen-bond acceptors (Lipinski definition) is 4. The van der Waals surface area contributed by atoms with E-state index < -0.39 is 9.84 Å². The standard InChI is InChI=1S/C20H33N3O3S/c1-4-21-19(23-15-20(10-11-20)16-27(3,24)25)22-12-17(2)13-26-14-18-8-6-5-7-9-18/h5-9,17H,4,10-16H2,1-3H3,(H2,21,22,23). The molecule has 0 radical (unpaired) electrons. The van der Waals surface area contributed by atoms with Crippen LogP contribution in [0.5, 0.6) is 0 Å². The first-order chi connectivity index (χ1) is 12.8. The van der Waals surface area contributed by atoms with E-state index >= 15 is 0 Å². The maximum atomic E-state index is 11.6. The first kappa shape index (κ1) is 21.7. The van der Waals surface area contributed by atoms with Gasteiger partial charge in [-0.2, -0.15) is 0 Å². The fourth-order valence-corrected chi connectivity index (χ4v) is 4.44. The molecular formula is C20H33N3O3S. The Kier molecular flexibility index (Phi) is 8.10. The summed E-state index contributed by atoms with van der Waals surface area (Å²) in [5, 5.41) is 6.57. The zero-order valence-electron chi connectivity index (χ0n) is 16.7. The van der Waals surface area contributed by atoms with Gasteiger partial charge in [-0.15, -0.1) is 0 Å². The monoisotopic (exact) mass is 395 g/mol. The van der Waals surface area contributed by atoms with E-state index in [2.05, 4.69) is 34.7 Å². The van der Waals surface area contributed by atoms with E-state index in [1.807, 2.05) is 25.1 Å². The second kappa shape index (κ2) is 10.1. The largest absolute Gasteiger partial charge is 0.376 e. The molecule has 1 aromatic rings. The summed E-state index contributed by atoms with van der Waals surface area (Å²) in [5.41, 5.74) is 1.02. The summed E-state index contributed by atoms with van der Waals surface area (Å²) in [5.74, 6) is 1.31. The molecule has 2 N–H and O–H groups in total. The molecule has 1 aliphatic carbocycles. The first-order valence-electron chi connectivity index (χ1n) is 9.63. The van der Waals surface area contributed by atoms with Crippen LogP contribution in [0.25, 0.3) is 0 Å². The molecule has 0 spiro atoms. The third kappa shape index (κ3) is 8.75. The Hall–Kier alpha value is -1.60. The normalized spacial score (nSPS) is 17.4. The number of nitrogens with zero attached hydrogens (tertiary/aromatic N) is 1. The number of guanidine groups is 1. The van der Waals surface area contributed by atoms with Crippen molar-refractivity contribution in [3.8, 4) is 0 Å². The fraction of sp³-hybridized carbons (Fsp3) is 0.650. The highest BCUT2D eigenvalue weighted by molar-refractivity contribution is 7.90. The van der Waals surface area contributed by atoms with Gasteiger partial charge in [0.1, 0.15) is 9.84 Å². The molecule has 27 heavy (non-hydrogen) atoms. The average Bonchev–Trinajstić information content (AvgIpc) is 3.36. The van der Waals surface area contributed by atoms with Gasteiger partial charge in [0.25, 0.3) is 0 Å². The van der Waals surface area contributed by atoms with Crippen LogP contribution in [0.1, 0.15) is 32.3 Å². The number of ether oxygens (including phenoxy) is 1. The molecule has 0 bridgehead atoms. The van der Waals surface area contributed by atoms with Crippen molar-refractivity contribution in [1.29, 1.82) is 0 Å². The van der Waals surface area contributed by atoms with Crippen LogP contribution in [0.4, 0.5) is 0 Å². The molecule has 0 aliphatic heterocycles. The lowest BCUT2D eigenvalue weighted by Crippen LogP contribution is -2.40. The van der Waals surface area contributed by atoms with Crippen molar-refractivity contribution in [1.82, 2.24) is 10.6 Å². The Morgan fingerprint density at radius 1 is 1.26 bits per heavy atom. The quantitative estimate of drug-likeness (QED) is 0.444. The molecule has 0 heterocycles. The summed E-state index contributed by atoms with van der Waals surface area (Å²) in [6.45, 7) is 7.51. The van der Waals surface area contributed by atoms with E-state index in [4.69, 9.17) is 4.74 Å². The van der Waals surface area contributed by atoms with Crippen LogP contribution in [0, 0.1) is 11.3 Å². The van der Waals surface area contributed by atoms with E-state index in [0.29, 0.717) is 25.7 Å². The Morgan fingerprint density at radius 2 is 1.96 bits per heavy atom. The third-order valence-corrected chi connectivity index (χ3v) is 5.71. The smallest absolute Gasteiger partial charge is 0.191 e. The molecule has 6 nitrogen and oxygen atoms in total. The lowest BCUT2D eigenvalue weighted by molar-refractivity contribution is 0.0931. The van der Waals surface area contributed by atoms with E-state index in [1.165, 1.54) is 11.8 Å². The van der Waals surface area contributed by atoms with Crippen molar-refractivity contribution in [3.05, 3.63) is 35.9 Å². The van der Waals surface area contributed by atoms with Crippen LogP contribution < -0.4 is 10.6 Å². The summed E-state index contributed by atoms with van der Waals surface area (Å²) < 4.78 is 28.9. The maximum Gasteiger partial charge on any atom is 0.191 e. The van der Waals surface area contributed by atoms with Gasteiger partial charge in [0, 0.05) is 31.3 Å². The Balaban J connectivity index is 1.74. The second-order valence-corrected chi connectivity index (χ2v) is 9.89. The Bertz CT molecular complexity index is 700. The molecular weight excluding hydrogens is 362 g/mol. The highest BCUT2D eigenvalue weighted by Gasteiger charge is 2.45. The summed E-state index contributed by atoms with van der Waals surface area (Å²) in [7, 11) is -2.97. The summed E-state index contributed by atoms with van der Waals surface area (Å²) in [6.07, 6.45) is 3.18. The minimum absolute atomic E-state index is 0.152. The molecule has 0 aromatic heterocycles. The molecule has 2 rings (SSSR count). The van der Waals surface area contributed by atoms with Crippen LogP contribution in [0.3, 0.4) is 0 Å². The topological polar surface area (TPSA) is 79.8 Å².